The summed E-state index contributed by atoms with van der Waals surface area (Å²) in [4.78, 5) is 139. The number of nitrogens with two attached hydrogens (primary N) is 4. The molecule has 0 bridgehead atoms. The molecule has 1 aliphatic heterocycles. The molecule has 0 aromatic heterocycles. The third-order valence-electron chi connectivity index (χ3n) is 13.3. The Morgan fingerprint density at radius 1 is 0.553 bits per heavy atom. The van der Waals surface area contributed by atoms with Crippen molar-refractivity contribution in [3.8, 4) is 0 Å². The molecule has 434 valence electrons. The van der Waals surface area contributed by atoms with Gasteiger partial charge in [0.25, 0.3) is 0 Å². The minimum atomic E-state index is -1.65. The lowest BCUT2D eigenvalue weighted by Gasteiger charge is -2.29. The van der Waals surface area contributed by atoms with E-state index >= 15 is 0 Å². The highest BCUT2D eigenvalue weighted by Crippen LogP contribution is 2.27. The molecule has 0 unspecified atom stereocenters. The monoisotopic (exact) mass is 1080 g/mol. The predicted octanol–water partition coefficient (Wildman–Crippen LogP) is -4.13. The molecule has 0 aromatic rings. The van der Waals surface area contributed by atoms with E-state index in [1.54, 1.807) is 27.7 Å². The fourth-order valence-electron chi connectivity index (χ4n) is 9.10. The molecule has 2 fully saturated rings. The first kappa shape index (κ1) is 66.6. The van der Waals surface area contributed by atoms with Crippen LogP contribution < -0.4 is 76.1 Å². The topological polar surface area (TPSA) is 436 Å². The van der Waals surface area contributed by atoms with Crippen LogP contribution in [0.1, 0.15) is 138 Å². The third kappa shape index (κ3) is 23.8. The van der Waals surface area contributed by atoms with Gasteiger partial charge in [-0.25, -0.2) is 0 Å². The van der Waals surface area contributed by atoms with Crippen molar-refractivity contribution in [2.45, 2.75) is 204 Å². The molecule has 1 aliphatic carbocycles. The van der Waals surface area contributed by atoms with Crippen LogP contribution in [-0.2, 0) is 47.9 Å². The van der Waals surface area contributed by atoms with Gasteiger partial charge in [-0.2, -0.15) is 0 Å². The van der Waals surface area contributed by atoms with Gasteiger partial charge in [-0.15, -0.1) is 0 Å². The number of aliphatic hydroxyl groups is 2. The first-order valence-corrected chi connectivity index (χ1v) is 27.1. The molecule has 20 N–H and O–H groups in total. The number of nitrogens with one attached hydrogen (secondary N) is 10. The number of hydrogen-bond acceptors (Lipinski definition) is 16. The molecule has 2 rings (SSSR count). The summed E-state index contributed by atoms with van der Waals surface area (Å²) in [5, 5.41) is 47.0. The van der Waals surface area contributed by atoms with Crippen molar-refractivity contribution in [3.63, 3.8) is 0 Å². The fraction of sp³-hybridized carbons (Fsp3) is 0.800. The zero-order valence-electron chi connectivity index (χ0n) is 45.5. The molecule has 26 heteroatoms. The molecule has 76 heavy (non-hydrogen) atoms. The van der Waals surface area contributed by atoms with E-state index < -0.39 is 139 Å². The molecular formula is C50H92N14O12. The van der Waals surface area contributed by atoms with Crippen molar-refractivity contribution in [3.05, 3.63) is 0 Å². The van der Waals surface area contributed by atoms with E-state index in [2.05, 4.69) is 53.2 Å². The van der Waals surface area contributed by atoms with Crippen LogP contribution in [0.5, 0.6) is 0 Å². The number of aliphatic hydroxyl groups excluding tert-OH is 2. The zero-order valence-corrected chi connectivity index (χ0v) is 45.5. The Labute approximate surface area is 447 Å². The van der Waals surface area contributed by atoms with Crippen LogP contribution in [0.25, 0.3) is 0 Å². The second kappa shape index (κ2) is 35.0. The first-order valence-electron chi connectivity index (χ1n) is 27.1. The summed E-state index contributed by atoms with van der Waals surface area (Å²) in [7, 11) is 0. The van der Waals surface area contributed by atoms with Gasteiger partial charge in [0.05, 0.1) is 12.2 Å². The summed E-state index contributed by atoms with van der Waals surface area (Å²) < 4.78 is 0. The summed E-state index contributed by atoms with van der Waals surface area (Å²) in [5.41, 5.74) is 23.4. The van der Waals surface area contributed by atoms with Crippen LogP contribution in [0.15, 0.2) is 0 Å². The van der Waals surface area contributed by atoms with Gasteiger partial charge in [-0.3, -0.25) is 47.9 Å². The van der Waals surface area contributed by atoms with E-state index in [4.69, 9.17) is 22.9 Å². The number of carbonyl (C=O) groups is 10. The second-order valence-corrected chi connectivity index (χ2v) is 21.0. The van der Waals surface area contributed by atoms with Crippen molar-refractivity contribution in [2.75, 3.05) is 32.7 Å². The standard InChI is InChI=1S/C50H92N14O12/c1-27(2)25-37-47(73)58-32(15-20-51)42(68)57-35(18-23-54)46(72)64-40(29(5)65)49(75)55-24-19-36(45(71)56-33(16-21-52)44(70)61-38(26-28(3)4)48(74)62-37)59-43(69)34(17-22-53)60-50(76)41(30(6)66)63-39(67)14-10-13-31-11-8-7-9-12-31/h27-38,40-41,65-66H,7-26,51-54H2,1-6H3,(H,55,75)(H,56,71)(H,57,68)(H,58,73)(H,59,69)(H,60,76)(H,61,70)(H,62,74)(H,63,67)(H,64,72)/t29-,30-,32+,33+,34+,35+,36+,37+,38-,40+,41+/m1/s1. The van der Waals surface area contributed by atoms with Crippen molar-refractivity contribution in [2.24, 2.45) is 40.7 Å². The Hall–Kier alpha value is -5.54. The van der Waals surface area contributed by atoms with Gasteiger partial charge in [0.1, 0.15) is 54.4 Å². The van der Waals surface area contributed by atoms with Crippen LogP contribution in [-0.4, -0.2) is 169 Å². The summed E-state index contributed by atoms with van der Waals surface area (Å²) in [6.07, 6.45) is 3.51. The van der Waals surface area contributed by atoms with Crippen molar-refractivity contribution < 1.29 is 58.2 Å². The highest BCUT2D eigenvalue weighted by Gasteiger charge is 2.37. The highest BCUT2D eigenvalue weighted by atomic mass is 16.3. The number of rotatable bonds is 23. The van der Waals surface area contributed by atoms with E-state index in [1.165, 1.54) is 20.3 Å². The summed E-state index contributed by atoms with van der Waals surface area (Å²) in [6, 6.07) is -12.8. The highest BCUT2D eigenvalue weighted by molar-refractivity contribution is 5.98. The second-order valence-electron chi connectivity index (χ2n) is 21.0. The summed E-state index contributed by atoms with van der Waals surface area (Å²) in [5.74, 6) is -8.22. The lowest BCUT2D eigenvalue weighted by atomic mass is 9.86. The van der Waals surface area contributed by atoms with E-state index in [9.17, 15) is 58.2 Å². The van der Waals surface area contributed by atoms with Crippen molar-refractivity contribution in [1.29, 1.82) is 0 Å². The SMILES string of the molecule is CC(C)C[C@@H]1NC(=O)[C@@H](CC(C)C)NC(=O)[C@H](CCN)NC(=O)[C@@H](NC(=O)[C@H](CCN)NC(=O)[C@@H](NC(=O)CCCC2CCCCC2)[C@@H](C)O)CCNC(=O)[C@H]([C@@H](C)O)NC(=O)[C@H](CCN)NC(=O)[C@H](CCN)NC1=O. The van der Waals surface area contributed by atoms with E-state index in [0.717, 1.165) is 32.1 Å². The normalized spacial score (nSPS) is 25.0. The molecule has 26 nitrogen and oxygen atoms in total. The van der Waals surface area contributed by atoms with E-state index in [0.29, 0.717) is 12.3 Å². The lowest BCUT2D eigenvalue weighted by Crippen LogP contribution is -2.61. The molecule has 0 aromatic carbocycles. The van der Waals surface area contributed by atoms with Gasteiger partial charge in [0.2, 0.25) is 59.1 Å². The van der Waals surface area contributed by atoms with Crippen LogP contribution >= 0.6 is 0 Å². The average molecular weight is 1080 g/mol. The van der Waals surface area contributed by atoms with Gasteiger partial charge in [-0.05, 0) is 116 Å². The predicted molar refractivity (Wildman–Crippen MR) is 282 cm³/mol. The lowest BCUT2D eigenvalue weighted by molar-refractivity contribution is -0.136. The Bertz CT molecular complexity index is 1900. The Morgan fingerprint density at radius 3 is 1.46 bits per heavy atom. The molecule has 0 radical (unpaired) electrons. The van der Waals surface area contributed by atoms with Crippen LogP contribution in [0.3, 0.4) is 0 Å². The quantitative estimate of drug-likeness (QED) is 0.0462. The molecule has 11 atom stereocenters. The fourth-order valence-corrected chi connectivity index (χ4v) is 9.10. The molecule has 2 aliphatic rings. The zero-order chi connectivity index (χ0) is 57.1. The van der Waals surface area contributed by atoms with Crippen LogP contribution in [0, 0.1) is 17.8 Å². The van der Waals surface area contributed by atoms with Gasteiger partial charge < -0.3 is 86.3 Å². The number of amides is 10. The molecule has 1 heterocycles. The largest absolute Gasteiger partial charge is 0.391 e. The van der Waals surface area contributed by atoms with E-state index in [1.807, 2.05) is 0 Å². The minimum absolute atomic E-state index is 0.0692. The van der Waals surface area contributed by atoms with Crippen molar-refractivity contribution >= 4 is 59.1 Å². The summed E-state index contributed by atoms with van der Waals surface area (Å²) >= 11 is 0. The number of carbonyl (C=O) groups excluding carboxylic acids is 10. The van der Waals surface area contributed by atoms with Gasteiger partial charge >= 0.3 is 0 Å². The summed E-state index contributed by atoms with van der Waals surface area (Å²) in [6.45, 7) is 8.80. The van der Waals surface area contributed by atoms with Gasteiger partial charge in [0, 0.05) is 13.0 Å². The Morgan fingerprint density at radius 2 is 1.01 bits per heavy atom. The Kier molecular flexibility index (Phi) is 30.6. The Balaban J connectivity index is 2.60. The van der Waals surface area contributed by atoms with Gasteiger partial charge in [-0.1, -0.05) is 59.8 Å². The maximum atomic E-state index is 14.3. The smallest absolute Gasteiger partial charge is 0.245 e. The average Bonchev–Trinajstić information content (AvgIpc) is 3.35. The van der Waals surface area contributed by atoms with Crippen molar-refractivity contribution in [1.82, 2.24) is 53.2 Å². The maximum Gasteiger partial charge on any atom is 0.245 e. The van der Waals surface area contributed by atoms with Crippen LogP contribution in [0.4, 0.5) is 0 Å². The van der Waals surface area contributed by atoms with E-state index in [-0.39, 0.29) is 83.0 Å². The maximum absolute atomic E-state index is 14.3. The molecule has 1 saturated carbocycles. The first-order chi connectivity index (χ1) is 36.0. The molecule has 1 saturated heterocycles. The number of hydrogen-bond donors (Lipinski definition) is 16. The molecule has 0 spiro atoms. The van der Waals surface area contributed by atoms with Gasteiger partial charge in [0.15, 0.2) is 0 Å². The third-order valence-corrected chi connectivity index (χ3v) is 13.3. The molecular weight excluding hydrogens is 989 g/mol. The minimum Gasteiger partial charge on any atom is -0.391 e. The van der Waals surface area contributed by atoms with Crippen LogP contribution in [0.2, 0.25) is 0 Å². The molecule has 10 amide bonds.